The summed E-state index contributed by atoms with van der Waals surface area (Å²) in [6.07, 6.45) is 2.78. The number of sulfonamides is 1. The van der Waals surface area contributed by atoms with E-state index in [0.29, 0.717) is 21.7 Å². The van der Waals surface area contributed by atoms with E-state index in [1.807, 2.05) is 6.92 Å². The Morgan fingerprint density at radius 2 is 2.04 bits per heavy atom. The monoisotopic (exact) mass is 424 g/mol. The van der Waals surface area contributed by atoms with Crippen LogP contribution < -0.4 is 10.1 Å². The van der Waals surface area contributed by atoms with Crippen LogP contribution in [0, 0.1) is 0 Å². The van der Waals surface area contributed by atoms with E-state index in [2.05, 4.69) is 21.2 Å². The SMILES string of the molecule is CCOc1ccc(S(=O)(=O)N2C3CCNCC2CC3)cc1Br.Cl. The molecule has 2 fully saturated rings. The number of halogens is 2. The summed E-state index contributed by atoms with van der Waals surface area (Å²) in [5.41, 5.74) is 0. The van der Waals surface area contributed by atoms with E-state index in [1.54, 1.807) is 22.5 Å². The molecular formula is C15H22BrClN2O3S. The number of ether oxygens (including phenoxy) is 1. The fourth-order valence-electron chi connectivity index (χ4n) is 3.37. The Morgan fingerprint density at radius 3 is 2.74 bits per heavy atom. The quantitative estimate of drug-likeness (QED) is 0.806. The van der Waals surface area contributed by atoms with Crippen LogP contribution in [0.1, 0.15) is 26.2 Å². The molecule has 0 radical (unpaired) electrons. The summed E-state index contributed by atoms with van der Waals surface area (Å²) < 4.78 is 34.0. The van der Waals surface area contributed by atoms with Gasteiger partial charge in [-0.05, 0) is 66.9 Å². The molecule has 23 heavy (non-hydrogen) atoms. The summed E-state index contributed by atoms with van der Waals surface area (Å²) >= 11 is 3.41. The zero-order valence-corrected chi connectivity index (χ0v) is 16.2. The summed E-state index contributed by atoms with van der Waals surface area (Å²) in [6.45, 7) is 4.08. The molecule has 2 unspecified atom stereocenters. The van der Waals surface area contributed by atoms with Crippen LogP contribution in [0.15, 0.2) is 27.6 Å². The minimum absolute atomic E-state index is 0. The van der Waals surface area contributed by atoms with E-state index in [1.165, 1.54) is 0 Å². The number of hydrogen-bond donors (Lipinski definition) is 1. The molecule has 0 aromatic heterocycles. The van der Waals surface area contributed by atoms with Crippen molar-refractivity contribution >= 4 is 38.4 Å². The average Bonchev–Trinajstić information content (AvgIpc) is 2.75. The van der Waals surface area contributed by atoms with Gasteiger partial charge in [-0.3, -0.25) is 0 Å². The number of nitrogens with zero attached hydrogens (tertiary/aromatic N) is 1. The van der Waals surface area contributed by atoms with E-state index in [-0.39, 0.29) is 24.5 Å². The third kappa shape index (κ3) is 3.69. The van der Waals surface area contributed by atoms with Crippen LogP contribution in [0.25, 0.3) is 0 Å². The maximum absolute atomic E-state index is 13.1. The van der Waals surface area contributed by atoms with E-state index in [4.69, 9.17) is 4.74 Å². The van der Waals surface area contributed by atoms with Gasteiger partial charge in [-0.15, -0.1) is 12.4 Å². The number of nitrogens with one attached hydrogen (secondary N) is 1. The van der Waals surface area contributed by atoms with E-state index in [0.717, 1.165) is 32.4 Å². The lowest BCUT2D eigenvalue weighted by molar-refractivity contribution is 0.333. The molecule has 0 amide bonds. The molecule has 1 N–H and O–H groups in total. The van der Waals surface area contributed by atoms with Gasteiger partial charge in [0.05, 0.1) is 16.0 Å². The van der Waals surface area contributed by atoms with Crippen molar-refractivity contribution in [1.82, 2.24) is 9.62 Å². The lowest BCUT2D eigenvalue weighted by Crippen LogP contribution is -2.42. The molecule has 2 saturated heterocycles. The van der Waals surface area contributed by atoms with Gasteiger partial charge in [-0.25, -0.2) is 8.42 Å². The second-order valence-electron chi connectivity index (χ2n) is 5.74. The van der Waals surface area contributed by atoms with Gasteiger partial charge >= 0.3 is 0 Å². The molecule has 2 aliphatic heterocycles. The van der Waals surface area contributed by atoms with E-state index in [9.17, 15) is 8.42 Å². The Kier molecular flexibility index (Phi) is 6.35. The van der Waals surface area contributed by atoms with E-state index < -0.39 is 10.0 Å². The summed E-state index contributed by atoms with van der Waals surface area (Å²) in [5, 5.41) is 3.33. The molecule has 0 saturated carbocycles. The third-order valence-corrected chi connectivity index (χ3v) is 6.99. The van der Waals surface area contributed by atoms with Crippen LogP contribution in [-0.4, -0.2) is 44.5 Å². The molecule has 1 aromatic carbocycles. The van der Waals surface area contributed by atoms with E-state index >= 15 is 0 Å². The molecule has 2 atom stereocenters. The second kappa shape index (κ2) is 7.70. The zero-order chi connectivity index (χ0) is 15.7. The molecule has 2 aliphatic rings. The number of rotatable bonds is 4. The fourth-order valence-corrected chi connectivity index (χ4v) is 5.94. The molecule has 0 aliphatic carbocycles. The van der Waals surface area contributed by atoms with Gasteiger partial charge in [0.2, 0.25) is 10.0 Å². The molecule has 130 valence electrons. The molecule has 3 rings (SSSR count). The second-order valence-corrected chi connectivity index (χ2v) is 8.44. The van der Waals surface area contributed by atoms with Crippen molar-refractivity contribution in [2.75, 3.05) is 19.7 Å². The summed E-state index contributed by atoms with van der Waals surface area (Å²) in [6, 6.07) is 5.21. The van der Waals surface area contributed by atoms with Crippen molar-refractivity contribution < 1.29 is 13.2 Å². The van der Waals surface area contributed by atoms with Crippen LogP contribution in [0.2, 0.25) is 0 Å². The molecule has 0 spiro atoms. The number of fused-ring (bicyclic) bond motifs is 2. The van der Waals surface area contributed by atoms with Crippen LogP contribution in [0.3, 0.4) is 0 Å². The Balaban J connectivity index is 0.00000192. The third-order valence-electron chi connectivity index (χ3n) is 4.37. The first kappa shape index (κ1) is 19.0. The predicted molar refractivity (Wildman–Crippen MR) is 95.9 cm³/mol. The Bertz CT molecular complexity index is 642. The number of hydrogen-bond acceptors (Lipinski definition) is 4. The molecule has 2 heterocycles. The summed E-state index contributed by atoms with van der Waals surface area (Å²) in [7, 11) is -3.47. The maximum atomic E-state index is 13.1. The highest BCUT2D eigenvalue weighted by molar-refractivity contribution is 9.10. The highest BCUT2D eigenvalue weighted by Crippen LogP contribution is 2.36. The maximum Gasteiger partial charge on any atom is 0.243 e. The Labute approximate surface area is 152 Å². The van der Waals surface area contributed by atoms with Crippen molar-refractivity contribution in [2.24, 2.45) is 0 Å². The molecular weight excluding hydrogens is 404 g/mol. The average molecular weight is 426 g/mol. The largest absolute Gasteiger partial charge is 0.493 e. The van der Waals surface area contributed by atoms with Gasteiger partial charge in [-0.2, -0.15) is 4.31 Å². The smallest absolute Gasteiger partial charge is 0.243 e. The Morgan fingerprint density at radius 1 is 1.30 bits per heavy atom. The first-order valence-electron chi connectivity index (χ1n) is 7.70. The van der Waals surface area contributed by atoms with Gasteiger partial charge in [0.25, 0.3) is 0 Å². The molecule has 5 nitrogen and oxygen atoms in total. The van der Waals surface area contributed by atoms with Gasteiger partial charge in [0, 0.05) is 18.6 Å². The van der Waals surface area contributed by atoms with Crippen molar-refractivity contribution in [1.29, 1.82) is 0 Å². The summed E-state index contributed by atoms with van der Waals surface area (Å²) in [5.74, 6) is 0.668. The normalized spacial score (nSPS) is 24.8. The Hall–Kier alpha value is -0.340. The lowest BCUT2D eigenvalue weighted by atomic mass is 10.1. The van der Waals surface area contributed by atoms with Gasteiger partial charge in [0.15, 0.2) is 0 Å². The number of benzene rings is 1. The van der Waals surface area contributed by atoms with Crippen molar-refractivity contribution in [3.8, 4) is 5.75 Å². The van der Waals surface area contributed by atoms with Crippen LogP contribution in [-0.2, 0) is 10.0 Å². The van der Waals surface area contributed by atoms with Crippen LogP contribution in [0.5, 0.6) is 5.75 Å². The minimum atomic E-state index is -3.47. The first-order chi connectivity index (χ1) is 10.5. The first-order valence-corrected chi connectivity index (χ1v) is 9.94. The minimum Gasteiger partial charge on any atom is -0.493 e. The van der Waals surface area contributed by atoms with Crippen molar-refractivity contribution in [3.05, 3.63) is 22.7 Å². The van der Waals surface area contributed by atoms with Gasteiger partial charge in [0.1, 0.15) is 5.75 Å². The van der Waals surface area contributed by atoms with Crippen molar-refractivity contribution in [2.45, 2.75) is 43.2 Å². The van der Waals surface area contributed by atoms with Crippen LogP contribution >= 0.6 is 28.3 Å². The van der Waals surface area contributed by atoms with Gasteiger partial charge < -0.3 is 10.1 Å². The van der Waals surface area contributed by atoms with Crippen LogP contribution in [0.4, 0.5) is 0 Å². The highest BCUT2D eigenvalue weighted by atomic mass is 79.9. The fraction of sp³-hybridized carbons (Fsp3) is 0.600. The molecule has 1 aromatic rings. The highest BCUT2D eigenvalue weighted by Gasteiger charge is 2.43. The van der Waals surface area contributed by atoms with Gasteiger partial charge in [-0.1, -0.05) is 0 Å². The molecule has 2 bridgehead atoms. The zero-order valence-electron chi connectivity index (χ0n) is 13.0. The molecule has 8 heteroatoms. The van der Waals surface area contributed by atoms with Crippen molar-refractivity contribution in [3.63, 3.8) is 0 Å². The summed E-state index contributed by atoms with van der Waals surface area (Å²) in [4.78, 5) is 0.335. The predicted octanol–water partition coefficient (Wildman–Crippen LogP) is 2.78. The standard InChI is InChI=1S/C15H21BrN2O3S.ClH/c1-2-21-15-6-5-13(9-14(15)16)22(19,20)18-11-3-4-12(18)10-17-8-7-11;/h5-6,9,11-12,17H,2-4,7-8,10H2,1H3;1H. The lowest BCUT2D eigenvalue weighted by Gasteiger charge is -2.27. The topological polar surface area (TPSA) is 58.6 Å².